The molecule has 1 unspecified atom stereocenters. The van der Waals surface area contributed by atoms with Gasteiger partial charge in [-0.2, -0.15) is 0 Å². The maximum absolute atomic E-state index is 12.1. The first-order valence-corrected chi connectivity index (χ1v) is 9.04. The van der Waals surface area contributed by atoms with Crippen molar-refractivity contribution >= 4 is 41.5 Å². The fraction of sp³-hybridized carbons (Fsp3) is 0.273. The summed E-state index contributed by atoms with van der Waals surface area (Å²) in [5.74, 6) is 3.69. The monoisotopic (exact) mass is 506 g/mol. The van der Waals surface area contributed by atoms with Crippen LogP contribution in [0.5, 0.6) is 5.75 Å². The van der Waals surface area contributed by atoms with E-state index in [0.717, 1.165) is 11.3 Å². The van der Waals surface area contributed by atoms with Gasteiger partial charge in [0.2, 0.25) is 5.91 Å². The van der Waals surface area contributed by atoms with Gasteiger partial charge >= 0.3 is 0 Å². The number of hydrogen-bond donors (Lipinski definition) is 3. The molecule has 6 nitrogen and oxygen atoms in total. The minimum Gasteiger partial charge on any atom is -0.489 e. The number of anilines is 1. The predicted molar refractivity (Wildman–Crippen MR) is 129 cm³/mol. The van der Waals surface area contributed by atoms with Gasteiger partial charge in [-0.1, -0.05) is 24.1 Å². The van der Waals surface area contributed by atoms with E-state index in [1.807, 2.05) is 38.1 Å². The SMILES string of the molecule is C#Cc1cccc(NC(=O)CNC(=NC)NCC(C)Oc2cccc(C)c2)c1.I. The van der Waals surface area contributed by atoms with Gasteiger partial charge in [0.15, 0.2) is 5.96 Å². The molecule has 0 spiro atoms. The zero-order valence-corrected chi connectivity index (χ0v) is 19.2. The topological polar surface area (TPSA) is 74.8 Å². The minimum atomic E-state index is -0.193. The lowest BCUT2D eigenvalue weighted by molar-refractivity contribution is -0.115. The summed E-state index contributed by atoms with van der Waals surface area (Å²) in [7, 11) is 1.65. The third-order valence-corrected chi connectivity index (χ3v) is 3.84. The number of nitrogens with zero attached hydrogens (tertiary/aromatic N) is 1. The summed E-state index contributed by atoms with van der Waals surface area (Å²) >= 11 is 0. The molecule has 154 valence electrons. The van der Waals surface area contributed by atoms with Gasteiger partial charge in [0.25, 0.3) is 0 Å². The molecular weight excluding hydrogens is 479 g/mol. The molecule has 1 atom stereocenters. The lowest BCUT2D eigenvalue weighted by Crippen LogP contribution is -2.44. The zero-order chi connectivity index (χ0) is 20.4. The van der Waals surface area contributed by atoms with Gasteiger partial charge in [0, 0.05) is 18.3 Å². The number of rotatable bonds is 7. The molecule has 1 amide bonds. The first kappa shape index (κ1) is 24.3. The molecule has 29 heavy (non-hydrogen) atoms. The van der Waals surface area contributed by atoms with Crippen molar-refractivity contribution in [3.63, 3.8) is 0 Å². The molecule has 0 aliphatic heterocycles. The van der Waals surface area contributed by atoms with Crippen LogP contribution in [0.3, 0.4) is 0 Å². The van der Waals surface area contributed by atoms with Crippen molar-refractivity contribution < 1.29 is 9.53 Å². The lowest BCUT2D eigenvalue weighted by Gasteiger charge is -2.18. The first-order valence-electron chi connectivity index (χ1n) is 9.04. The van der Waals surface area contributed by atoms with Crippen molar-refractivity contribution in [3.8, 4) is 18.1 Å². The van der Waals surface area contributed by atoms with E-state index in [-0.39, 0.29) is 42.5 Å². The van der Waals surface area contributed by atoms with E-state index in [2.05, 4.69) is 26.9 Å². The fourth-order valence-electron chi connectivity index (χ4n) is 2.48. The predicted octanol–water partition coefficient (Wildman–Crippen LogP) is 3.17. The van der Waals surface area contributed by atoms with Crippen molar-refractivity contribution in [1.29, 1.82) is 0 Å². The van der Waals surface area contributed by atoms with E-state index in [4.69, 9.17) is 11.2 Å². The Labute approximate surface area is 189 Å². The summed E-state index contributed by atoms with van der Waals surface area (Å²) in [5, 5.41) is 8.92. The maximum Gasteiger partial charge on any atom is 0.243 e. The van der Waals surface area contributed by atoms with Crippen LogP contribution in [0.15, 0.2) is 53.5 Å². The van der Waals surface area contributed by atoms with E-state index in [9.17, 15) is 4.79 Å². The number of benzene rings is 2. The third kappa shape index (κ3) is 8.87. The van der Waals surface area contributed by atoms with Crippen LogP contribution in [-0.2, 0) is 4.79 Å². The third-order valence-electron chi connectivity index (χ3n) is 3.84. The summed E-state index contributed by atoms with van der Waals surface area (Å²) in [6, 6.07) is 15.0. The van der Waals surface area contributed by atoms with Gasteiger partial charge in [-0.3, -0.25) is 9.79 Å². The summed E-state index contributed by atoms with van der Waals surface area (Å²) in [4.78, 5) is 16.2. The smallest absolute Gasteiger partial charge is 0.243 e. The van der Waals surface area contributed by atoms with Crippen LogP contribution < -0.4 is 20.7 Å². The van der Waals surface area contributed by atoms with Gasteiger partial charge < -0.3 is 20.7 Å². The molecule has 2 rings (SSSR count). The average molecular weight is 506 g/mol. The van der Waals surface area contributed by atoms with Crippen molar-refractivity contribution in [1.82, 2.24) is 10.6 Å². The second-order valence-corrected chi connectivity index (χ2v) is 6.32. The Morgan fingerprint density at radius 3 is 2.66 bits per heavy atom. The molecule has 0 aliphatic rings. The Bertz CT molecular complexity index is 877. The van der Waals surface area contributed by atoms with Crippen LogP contribution in [0.1, 0.15) is 18.1 Å². The quantitative estimate of drug-likeness (QED) is 0.234. The number of hydrogen-bond acceptors (Lipinski definition) is 3. The van der Waals surface area contributed by atoms with Crippen LogP contribution in [0, 0.1) is 19.3 Å². The van der Waals surface area contributed by atoms with Crippen LogP contribution in [0.4, 0.5) is 5.69 Å². The molecule has 0 fully saturated rings. The summed E-state index contributed by atoms with van der Waals surface area (Å²) in [5.41, 5.74) is 2.52. The number of ether oxygens (including phenoxy) is 1. The molecule has 0 heterocycles. The maximum atomic E-state index is 12.1. The highest BCUT2D eigenvalue weighted by Crippen LogP contribution is 2.13. The van der Waals surface area contributed by atoms with E-state index in [0.29, 0.717) is 23.8 Å². The van der Waals surface area contributed by atoms with Gasteiger partial charge in [0.05, 0.1) is 13.1 Å². The molecule has 2 aromatic carbocycles. The number of nitrogens with one attached hydrogen (secondary N) is 3. The number of halogens is 1. The molecule has 7 heteroatoms. The number of carbonyl (C=O) groups is 1. The second kappa shape index (κ2) is 12.7. The molecule has 0 saturated carbocycles. The average Bonchev–Trinajstić information content (AvgIpc) is 2.68. The summed E-state index contributed by atoms with van der Waals surface area (Å²) < 4.78 is 5.88. The Morgan fingerprint density at radius 1 is 1.21 bits per heavy atom. The van der Waals surface area contributed by atoms with Gasteiger partial charge in [-0.05, 0) is 49.7 Å². The number of aryl methyl sites for hydroxylation is 1. The minimum absolute atomic E-state index is 0. The highest BCUT2D eigenvalue weighted by Gasteiger charge is 2.08. The van der Waals surface area contributed by atoms with E-state index >= 15 is 0 Å². The molecule has 0 bridgehead atoms. The number of amides is 1. The number of terminal acetylenes is 1. The molecule has 0 radical (unpaired) electrons. The van der Waals surface area contributed by atoms with Crippen LogP contribution in [0.2, 0.25) is 0 Å². The molecule has 0 aromatic heterocycles. The lowest BCUT2D eigenvalue weighted by atomic mass is 10.2. The Balaban J connectivity index is 0.00000420. The van der Waals surface area contributed by atoms with E-state index in [1.165, 1.54) is 0 Å². The van der Waals surface area contributed by atoms with Gasteiger partial charge in [-0.15, -0.1) is 30.4 Å². The standard InChI is InChI=1S/C22H26N4O2.HI/c1-5-18-9-7-10-19(13-18)26-21(27)15-25-22(23-4)24-14-17(3)28-20-11-6-8-16(2)12-20;/h1,6-13,17H,14-15H2,2-4H3,(H,26,27)(H2,23,24,25);1H. The zero-order valence-electron chi connectivity index (χ0n) is 16.9. The molecule has 2 aromatic rings. The van der Waals surface area contributed by atoms with Crippen molar-refractivity contribution in [2.45, 2.75) is 20.0 Å². The first-order chi connectivity index (χ1) is 13.5. The van der Waals surface area contributed by atoms with Crippen LogP contribution in [0.25, 0.3) is 0 Å². The highest BCUT2D eigenvalue weighted by molar-refractivity contribution is 14.0. The normalized spacial score (nSPS) is 11.4. The van der Waals surface area contributed by atoms with Crippen molar-refractivity contribution in [2.75, 3.05) is 25.5 Å². The fourth-order valence-corrected chi connectivity index (χ4v) is 2.48. The van der Waals surface area contributed by atoms with Gasteiger partial charge in [0.1, 0.15) is 11.9 Å². The molecule has 3 N–H and O–H groups in total. The molecular formula is C22H27IN4O2. The van der Waals surface area contributed by atoms with Crippen molar-refractivity contribution in [2.24, 2.45) is 4.99 Å². The summed E-state index contributed by atoms with van der Waals surface area (Å²) in [6.07, 6.45) is 5.30. The number of aliphatic imine (C=N–C) groups is 1. The largest absolute Gasteiger partial charge is 0.489 e. The van der Waals surface area contributed by atoms with Crippen LogP contribution >= 0.6 is 24.0 Å². The Hall–Kier alpha value is -2.73. The highest BCUT2D eigenvalue weighted by atomic mass is 127. The Kier molecular flexibility index (Phi) is 10.6. The number of guanidine groups is 1. The van der Waals surface area contributed by atoms with E-state index in [1.54, 1.807) is 31.3 Å². The summed E-state index contributed by atoms with van der Waals surface area (Å²) in [6.45, 7) is 4.61. The van der Waals surface area contributed by atoms with Gasteiger partial charge in [-0.25, -0.2) is 0 Å². The second-order valence-electron chi connectivity index (χ2n) is 6.32. The molecule has 0 aliphatic carbocycles. The molecule has 0 saturated heterocycles. The van der Waals surface area contributed by atoms with Crippen LogP contribution in [-0.4, -0.2) is 38.1 Å². The van der Waals surface area contributed by atoms with E-state index < -0.39 is 0 Å². The Morgan fingerprint density at radius 2 is 1.97 bits per heavy atom. The van der Waals surface area contributed by atoms with Crippen molar-refractivity contribution in [3.05, 3.63) is 59.7 Å². The number of carbonyl (C=O) groups excluding carboxylic acids is 1.